The van der Waals surface area contributed by atoms with Gasteiger partial charge in [0.1, 0.15) is 16.9 Å². The number of amides is 3. The molecular weight excluding hydrogens is 417 g/mol. The first-order valence-electron chi connectivity index (χ1n) is 9.96. The van der Waals surface area contributed by atoms with Gasteiger partial charge < -0.3 is 10.2 Å². The molecule has 1 aliphatic heterocycles. The Bertz CT molecular complexity index is 1100. The number of aryl methyl sites for hydroxylation is 2. The largest absolute Gasteiger partial charge is 0.322 e. The molecule has 1 fully saturated rings. The summed E-state index contributed by atoms with van der Waals surface area (Å²) in [5, 5.41) is 14.7. The highest BCUT2D eigenvalue weighted by Crippen LogP contribution is 2.28. The summed E-state index contributed by atoms with van der Waals surface area (Å²) in [4.78, 5) is 27.3. The molecule has 0 aliphatic carbocycles. The number of halogens is 1. The average Bonchev–Trinajstić information content (AvgIpc) is 3.41. The van der Waals surface area contributed by atoms with Crippen LogP contribution in [0.25, 0.3) is 10.6 Å². The number of aromatic nitrogens is 2. The van der Waals surface area contributed by atoms with Crippen LogP contribution in [0.5, 0.6) is 0 Å². The van der Waals surface area contributed by atoms with Crippen molar-refractivity contribution in [2.24, 2.45) is 0 Å². The molecule has 1 atom stereocenters. The van der Waals surface area contributed by atoms with Crippen LogP contribution in [0.15, 0.2) is 42.5 Å². The highest BCUT2D eigenvalue weighted by molar-refractivity contribution is 7.18. The molecule has 1 aliphatic rings. The molecule has 1 unspecified atom stereocenters. The molecule has 0 radical (unpaired) electrons. The van der Waals surface area contributed by atoms with Gasteiger partial charge in [-0.1, -0.05) is 29.5 Å². The number of hydrogen-bond acceptors (Lipinski definition) is 5. The minimum Gasteiger partial charge on any atom is -0.312 e. The van der Waals surface area contributed by atoms with E-state index in [9.17, 15) is 14.0 Å². The van der Waals surface area contributed by atoms with E-state index < -0.39 is 6.04 Å². The van der Waals surface area contributed by atoms with Crippen LogP contribution in [-0.4, -0.2) is 39.6 Å². The molecule has 2 heterocycles. The van der Waals surface area contributed by atoms with Crippen LogP contribution in [0.4, 0.5) is 20.0 Å². The van der Waals surface area contributed by atoms with Gasteiger partial charge in [0, 0.05) is 17.8 Å². The topological polar surface area (TPSA) is 87.2 Å². The van der Waals surface area contributed by atoms with Gasteiger partial charge in [-0.05, 0) is 62.1 Å². The molecule has 0 saturated carbocycles. The number of urea groups is 1. The van der Waals surface area contributed by atoms with Gasteiger partial charge in [0.2, 0.25) is 11.0 Å². The fourth-order valence-corrected chi connectivity index (χ4v) is 4.40. The normalized spacial score (nSPS) is 15.7. The van der Waals surface area contributed by atoms with E-state index in [4.69, 9.17) is 0 Å². The lowest BCUT2D eigenvalue weighted by atomic mass is 10.1. The maximum Gasteiger partial charge on any atom is 0.322 e. The van der Waals surface area contributed by atoms with Gasteiger partial charge in [-0.15, -0.1) is 10.2 Å². The minimum atomic E-state index is -0.581. The Morgan fingerprint density at radius 3 is 2.48 bits per heavy atom. The Morgan fingerprint density at radius 1 is 1.06 bits per heavy atom. The van der Waals surface area contributed by atoms with E-state index in [1.54, 1.807) is 17.0 Å². The smallest absolute Gasteiger partial charge is 0.312 e. The van der Waals surface area contributed by atoms with Crippen molar-refractivity contribution in [3.05, 3.63) is 59.4 Å². The van der Waals surface area contributed by atoms with Crippen LogP contribution in [0.2, 0.25) is 0 Å². The zero-order valence-electron chi connectivity index (χ0n) is 17.2. The van der Waals surface area contributed by atoms with Gasteiger partial charge in [0.15, 0.2) is 0 Å². The van der Waals surface area contributed by atoms with Crippen LogP contribution in [0, 0.1) is 19.7 Å². The molecule has 4 rings (SSSR count). The second kappa shape index (κ2) is 8.81. The molecule has 2 N–H and O–H groups in total. The zero-order chi connectivity index (χ0) is 22.0. The number of hydrogen-bond donors (Lipinski definition) is 2. The molecule has 1 aromatic heterocycles. The van der Waals surface area contributed by atoms with Crippen molar-refractivity contribution < 1.29 is 14.0 Å². The Hall–Kier alpha value is -3.33. The fraction of sp³-hybridized carbons (Fsp3) is 0.273. The average molecular weight is 440 g/mol. The summed E-state index contributed by atoms with van der Waals surface area (Å²) in [7, 11) is 0. The maximum absolute atomic E-state index is 13.1. The quantitative estimate of drug-likeness (QED) is 0.622. The van der Waals surface area contributed by atoms with Crippen LogP contribution in [0.1, 0.15) is 24.0 Å². The molecule has 0 spiro atoms. The molecule has 3 aromatic rings. The van der Waals surface area contributed by atoms with E-state index in [1.807, 2.05) is 32.0 Å². The van der Waals surface area contributed by atoms with E-state index >= 15 is 0 Å². The van der Waals surface area contributed by atoms with Gasteiger partial charge in [0.25, 0.3) is 0 Å². The van der Waals surface area contributed by atoms with Crippen LogP contribution in [0.3, 0.4) is 0 Å². The van der Waals surface area contributed by atoms with E-state index in [0.717, 1.165) is 28.8 Å². The molecular formula is C22H22FN5O2S. The third-order valence-corrected chi connectivity index (χ3v) is 6.16. The van der Waals surface area contributed by atoms with Crippen molar-refractivity contribution in [1.82, 2.24) is 15.1 Å². The van der Waals surface area contributed by atoms with Crippen molar-refractivity contribution >= 4 is 34.1 Å². The number of nitrogens with zero attached hydrogens (tertiary/aromatic N) is 3. The first-order valence-corrected chi connectivity index (χ1v) is 10.8. The van der Waals surface area contributed by atoms with Crippen molar-refractivity contribution in [1.29, 1.82) is 0 Å². The summed E-state index contributed by atoms with van der Waals surface area (Å²) in [6, 6.07) is 10.8. The highest BCUT2D eigenvalue weighted by atomic mass is 32.1. The lowest BCUT2D eigenvalue weighted by Crippen LogP contribution is -2.45. The van der Waals surface area contributed by atoms with Crippen LogP contribution < -0.4 is 10.6 Å². The Labute approximate surface area is 183 Å². The van der Waals surface area contributed by atoms with Crippen LogP contribution in [-0.2, 0) is 4.79 Å². The number of nitrogens with one attached hydrogen (secondary N) is 2. The van der Waals surface area contributed by atoms with Crippen molar-refractivity contribution in [3.8, 4) is 10.6 Å². The molecule has 1 saturated heterocycles. The van der Waals surface area contributed by atoms with Gasteiger partial charge in [-0.3, -0.25) is 10.1 Å². The lowest BCUT2D eigenvalue weighted by molar-refractivity contribution is -0.119. The highest BCUT2D eigenvalue weighted by Gasteiger charge is 2.35. The summed E-state index contributed by atoms with van der Waals surface area (Å²) in [6.07, 6.45) is 1.32. The molecule has 160 valence electrons. The fourth-order valence-electron chi connectivity index (χ4n) is 3.64. The Morgan fingerprint density at radius 2 is 1.77 bits per heavy atom. The molecule has 31 heavy (non-hydrogen) atoms. The van der Waals surface area contributed by atoms with Crippen molar-refractivity contribution in [2.45, 2.75) is 32.7 Å². The number of carbonyl (C=O) groups is 2. The van der Waals surface area contributed by atoms with Crippen molar-refractivity contribution in [2.75, 3.05) is 17.2 Å². The van der Waals surface area contributed by atoms with Crippen molar-refractivity contribution in [3.63, 3.8) is 0 Å². The van der Waals surface area contributed by atoms with E-state index in [2.05, 4.69) is 20.8 Å². The maximum atomic E-state index is 13.1. The predicted molar refractivity (Wildman–Crippen MR) is 119 cm³/mol. The van der Waals surface area contributed by atoms with E-state index in [1.165, 1.54) is 23.5 Å². The second-order valence-electron chi connectivity index (χ2n) is 7.46. The molecule has 2 aromatic carbocycles. The molecule has 0 bridgehead atoms. The number of anilines is 2. The molecule has 9 heteroatoms. The second-order valence-corrected chi connectivity index (χ2v) is 8.43. The molecule has 7 nitrogen and oxygen atoms in total. The minimum absolute atomic E-state index is 0.292. The first kappa shape index (κ1) is 20.9. The monoisotopic (exact) mass is 439 g/mol. The summed E-state index contributed by atoms with van der Waals surface area (Å²) >= 11 is 1.20. The van der Waals surface area contributed by atoms with Gasteiger partial charge in [-0.2, -0.15) is 0 Å². The Balaban J connectivity index is 1.43. The third kappa shape index (κ3) is 4.56. The number of benzene rings is 2. The molecule has 3 amide bonds. The summed E-state index contributed by atoms with van der Waals surface area (Å²) in [5.74, 6) is -0.627. The van der Waals surface area contributed by atoms with Gasteiger partial charge in [0.05, 0.1) is 0 Å². The SMILES string of the molecule is Cc1cccc(C)c1NC(=O)N1CCCC1C(=O)Nc1nnc(-c2ccc(F)cc2)s1. The van der Waals surface area contributed by atoms with Gasteiger partial charge in [-0.25, -0.2) is 9.18 Å². The van der Waals surface area contributed by atoms with E-state index in [-0.39, 0.29) is 17.8 Å². The summed E-state index contributed by atoms with van der Waals surface area (Å²) in [6.45, 7) is 4.38. The van der Waals surface area contributed by atoms with E-state index in [0.29, 0.717) is 23.1 Å². The summed E-state index contributed by atoms with van der Waals surface area (Å²) < 4.78 is 13.1. The first-order chi connectivity index (χ1) is 14.9. The Kier molecular flexibility index (Phi) is 5.94. The zero-order valence-corrected chi connectivity index (χ0v) is 18.0. The summed E-state index contributed by atoms with van der Waals surface area (Å²) in [5.41, 5.74) is 3.42. The number of likely N-dealkylation sites (tertiary alicyclic amines) is 1. The van der Waals surface area contributed by atoms with Crippen LogP contribution >= 0.6 is 11.3 Å². The third-order valence-electron chi connectivity index (χ3n) is 5.28. The number of para-hydroxylation sites is 1. The van der Waals surface area contributed by atoms with Gasteiger partial charge >= 0.3 is 6.03 Å². The lowest BCUT2D eigenvalue weighted by Gasteiger charge is -2.24. The number of carbonyl (C=O) groups excluding carboxylic acids is 2. The number of rotatable bonds is 4. The standard InChI is InChI=1S/C22H22FN5O2S/c1-13-5-3-6-14(2)18(13)24-22(30)28-12-4-7-17(28)19(29)25-21-27-26-20(31-21)15-8-10-16(23)11-9-15/h3,5-6,8-11,17H,4,7,12H2,1-2H3,(H,24,30)(H,25,27,29). The predicted octanol–water partition coefficient (Wildman–Crippen LogP) is 4.60.